The highest BCUT2D eigenvalue weighted by atomic mass is 35.5. The van der Waals surface area contributed by atoms with E-state index in [0.717, 1.165) is 31.0 Å². The third-order valence-corrected chi connectivity index (χ3v) is 2.77. The Morgan fingerprint density at radius 2 is 2.33 bits per heavy atom. The van der Waals surface area contributed by atoms with E-state index in [9.17, 15) is 0 Å². The van der Waals surface area contributed by atoms with E-state index in [-0.39, 0.29) is 0 Å². The predicted octanol–water partition coefficient (Wildman–Crippen LogP) is 2.23. The van der Waals surface area contributed by atoms with Crippen LogP contribution in [0.25, 0.3) is 0 Å². The first-order valence-electron chi connectivity index (χ1n) is 5.42. The van der Waals surface area contributed by atoms with Crippen molar-refractivity contribution >= 4 is 11.6 Å². The Morgan fingerprint density at radius 3 is 2.87 bits per heavy atom. The van der Waals surface area contributed by atoms with Gasteiger partial charge in [0.25, 0.3) is 0 Å². The van der Waals surface area contributed by atoms with Crippen molar-refractivity contribution in [2.75, 3.05) is 5.88 Å². The topological polar surface area (TPSA) is 29.9 Å². The minimum absolute atomic E-state index is 0.513. The molecule has 0 aliphatic heterocycles. The monoisotopic (exact) mass is 229 g/mol. The lowest BCUT2D eigenvalue weighted by molar-refractivity contribution is 0.496. The SMILES string of the molecule is Cc1cc(CNC(C)CCCCl)n(C)n1. The normalized spacial score (nSPS) is 13.1. The molecule has 0 aliphatic rings. The van der Waals surface area contributed by atoms with Gasteiger partial charge in [-0.1, -0.05) is 0 Å². The van der Waals surface area contributed by atoms with Crippen LogP contribution in [0.4, 0.5) is 0 Å². The van der Waals surface area contributed by atoms with Gasteiger partial charge in [-0.2, -0.15) is 5.10 Å². The first-order chi connectivity index (χ1) is 7.13. The van der Waals surface area contributed by atoms with E-state index in [0.29, 0.717) is 6.04 Å². The first kappa shape index (κ1) is 12.5. The number of alkyl halides is 1. The van der Waals surface area contributed by atoms with Gasteiger partial charge in [0.2, 0.25) is 0 Å². The van der Waals surface area contributed by atoms with E-state index in [1.807, 2.05) is 18.7 Å². The molecular weight excluding hydrogens is 210 g/mol. The molecule has 0 spiro atoms. The van der Waals surface area contributed by atoms with E-state index in [1.165, 1.54) is 5.69 Å². The Morgan fingerprint density at radius 1 is 1.60 bits per heavy atom. The molecule has 1 rings (SSSR count). The molecule has 0 radical (unpaired) electrons. The minimum Gasteiger partial charge on any atom is -0.309 e. The summed E-state index contributed by atoms with van der Waals surface area (Å²) < 4.78 is 1.93. The van der Waals surface area contributed by atoms with Gasteiger partial charge in [0.15, 0.2) is 0 Å². The first-order valence-corrected chi connectivity index (χ1v) is 5.95. The smallest absolute Gasteiger partial charge is 0.0597 e. The quantitative estimate of drug-likeness (QED) is 0.759. The molecule has 1 aromatic heterocycles. The molecule has 0 aromatic carbocycles. The fourth-order valence-corrected chi connectivity index (χ4v) is 1.75. The third kappa shape index (κ3) is 4.22. The lowest BCUT2D eigenvalue weighted by Gasteiger charge is -2.12. The third-order valence-electron chi connectivity index (χ3n) is 2.50. The highest BCUT2D eigenvalue weighted by Gasteiger charge is 2.04. The molecular formula is C11H20ClN3. The predicted molar refractivity (Wildman–Crippen MR) is 64.2 cm³/mol. The van der Waals surface area contributed by atoms with Crippen LogP contribution in [0.2, 0.25) is 0 Å². The number of hydrogen-bond acceptors (Lipinski definition) is 2. The van der Waals surface area contributed by atoms with Gasteiger partial charge in [-0.15, -0.1) is 11.6 Å². The molecule has 0 fully saturated rings. The second kappa shape index (κ2) is 6.13. The van der Waals surface area contributed by atoms with Gasteiger partial charge in [-0.3, -0.25) is 4.68 Å². The Balaban J connectivity index is 2.33. The van der Waals surface area contributed by atoms with E-state index < -0.39 is 0 Å². The van der Waals surface area contributed by atoms with E-state index in [4.69, 9.17) is 11.6 Å². The van der Waals surface area contributed by atoms with Crippen LogP contribution < -0.4 is 5.32 Å². The molecule has 15 heavy (non-hydrogen) atoms. The average molecular weight is 230 g/mol. The fraction of sp³-hybridized carbons (Fsp3) is 0.727. The summed E-state index contributed by atoms with van der Waals surface area (Å²) in [6.45, 7) is 5.08. The zero-order valence-corrected chi connectivity index (χ0v) is 10.5. The van der Waals surface area contributed by atoms with Crippen molar-refractivity contribution < 1.29 is 0 Å². The maximum absolute atomic E-state index is 5.65. The molecule has 1 heterocycles. The number of aryl methyl sites for hydroxylation is 2. The van der Waals surface area contributed by atoms with Crippen LogP contribution in [-0.2, 0) is 13.6 Å². The van der Waals surface area contributed by atoms with Crippen LogP contribution in [0.1, 0.15) is 31.2 Å². The highest BCUT2D eigenvalue weighted by molar-refractivity contribution is 6.17. The minimum atomic E-state index is 0.513. The zero-order chi connectivity index (χ0) is 11.3. The van der Waals surface area contributed by atoms with Gasteiger partial charge < -0.3 is 5.32 Å². The van der Waals surface area contributed by atoms with Crippen molar-refractivity contribution in [2.45, 2.75) is 39.3 Å². The molecule has 4 heteroatoms. The Labute approximate surface area is 96.8 Å². The van der Waals surface area contributed by atoms with Crippen molar-refractivity contribution in [3.05, 3.63) is 17.5 Å². The van der Waals surface area contributed by atoms with Crippen LogP contribution in [0, 0.1) is 6.92 Å². The zero-order valence-electron chi connectivity index (χ0n) is 9.76. The van der Waals surface area contributed by atoms with Crippen LogP contribution in [-0.4, -0.2) is 21.7 Å². The van der Waals surface area contributed by atoms with Crippen LogP contribution >= 0.6 is 11.6 Å². The summed E-state index contributed by atoms with van der Waals surface area (Å²) in [5.41, 5.74) is 2.30. The van der Waals surface area contributed by atoms with Gasteiger partial charge in [-0.25, -0.2) is 0 Å². The largest absolute Gasteiger partial charge is 0.309 e. The summed E-state index contributed by atoms with van der Waals surface area (Å²) in [6, 6.07) is 2.63. The van der Waals surface area contributed by atoms with Crippen molar-refractivity contribution in [1.29, 1.82) is 0 Å². The van der Waals surface area contributed by atoms with Gasteiger partial charge in [-0.05, 0) is 32.8 Å². The van der Waals surface area contributed by atoms with Crippen molar-refractivity contribution in [3.8, 4) is 0 Å². The molecule has 0 saturated heterocycles. The van der Waals surface area contributed by atoms with E-state index in [2.05, 4.69) is 23.4 Å². The number of rotatable bonds is 6. The molecule has 86 valence electrons. The number of nitrogens with one attached hydrogen (secondary N) is 1. The number of nitrogens with zero attached hydrogens (tertiary/aromatic N) is 2. The molecule has 0 bridgehead atoms. The molecule has 1 atom stereocenters. The van der Waals surface area contributed by atoms with Crippen molar-refractivity contribution in [1.82, 2.24) is 15.1 Å². The molecule has 0 saturated carbocycles. The average Bonchev–Trinajstić information content (AvgIpc) is 2.51. The lowest BCUT2D eigenvalue weighted by atomic mass is 10.2. The second-order valence-electron chi connectivity index (χ2n) is 4.01. The molecule has 1 aromatic rings. The van der Waals surface area contributed by atoms with E-state index in [1.54, 1.807) is 0 Å². The van der Waals surface area contributed by atoms with Gasteiger partial charge in [0.1, 0.15) is 0 Å². The Bertz CT molecular complexity index is 296. The van der Waals surface area contributed by atoms with Crippen LogP contribution in [0.5, 0.6) is 0 Å². The number of aromatic nitrogens is 2. The molecule has 0 amide bonds. The Hall–Kier alpha value is -0.540. The standard InChI is InChI=1S/C11H20ClN3/c1-9(5-4-6-12)13-8-11-7-10(2)14-15(11)3/h7,9,13H,4-6,8H2,1-3H3. The maximum Gasteiger partial charge on any atom is 0.0597 e. The lowest BCUT2D eigenvalue weighted by Crippen LogP contribution is -2.26. The summed E-state index contributed by atoms with van der Waals surface area (Å²) in [7, 11) is 1.98. The Kier molecular flexibility index (Phi) is 5.12. The van der Waals surface area contributed by atoms with E-state index >= 15 is 0 Å². The highest BCUT2D eigenvalue weighted by Crippen LogP contribution is 2.03. The molecule has 0 aliphatic carbocycles. The number of hydrogen-bond donors (Lipinski definition) is 1. The fourth-order valence-electron chi connectivity index (χ4n) is 1.59. The maximum atomic E-state index is 5.65. The number of halogens is 1. The van der Waals surface area contributed by atoms with Crippen LogP contribution in [0.15, 0.2) is 6.07 Å². The van der Waals surface area contributed by atoms with Gasteiger partial charge in [0, 0.05) is 25.5 Å². The summed E-state index contributed by atoms with van der Waals surface area (Å²) in [5.74, 6) is 0.747. The summed E-state index contributed by atoms with van der Waals surface area (Å²) in [6.07, 6.45) is 2.19. The molecule has 3 nitrogen and oxygen atoms in total. The summed E-state index contributed by atoms with van der Waals surface area (Å²) in [5, 5.41) is 7.78. The second-order valence-corrected chi connectivity index (χ2v) is 4.39. The van der Waals surface area contributed by atoms with Crippen molar-refractivity contribution in [3.63, 3.8) is 0 Å². The molecule has 1 unspecified atom stereocenters. The van der Waals surface area contributed by atoms with Crippen molar-refractivity contribution in [2.24, 2.45) is 7.05 Å². The summed E-state index contributed by atoms with van der Waals surface area (Å²) in [4.78, 5) is 0. The van der Waals surface area contributed by atoms with Gasteiger partial charge >= 0.3 is 0 Å². The van der Waals surface area contributed by atoms with Gasteiger partial charge in [0.05, 0.1) is 11.4 Å². The summed E-state index contributed by atoms with van der Waals surface area (Å²) >= 11 is 5.65. The van der Waals surface area contributed by atoms with Crippen LogP contribution in [0.3, 0.4) is 0 Å². The molecule has 1 N–H and O–H groups in total.